The number of para-hydroxylation sites is 2. The second kappa shape index (κ2) is 11.6. The second-order valence-corrected chi connectivity index (χ2v) is 11.8. The highest BCUT2D eigenvalue weighted by Gasteiger charge is 2.18. The Morgan fingerprint density at radius 3 is 1.73 bits per heavy atom. The molecule has 0 aliphatic rings. The molecule has 0 spiro atoms. The van der Waals surface area contributed by atoms with Gasteiger partial charge in [-0.05, 0) is 60.0 Å². The van der Waals surface area contributed by atoms with Crippen molar-refractivity contribution in [1.29, 1.82) is 0 Å². The average Bonchev–Trinajstić information content (AvgIpc) is 3.60. The highest BCUT2D eigenvalue weighted by molar-refractivity contribution is 5.99. The van der Waals surface area contributed by atoms with Gasteiger partial charge in [0.15, 0.2) is 0 Å². The van der Waals surface area contributed by atoms with Gasteiger partial charge in [-0.2, -0.15) is 0 Å². The summed E-state index contributed by atoms with van der Waals surface area (Å²) in [5.41, 5.74) is 11.7. The minimum Gasteiger partial charge on any atom is -0.310 e. The van der Waals surface area contributed by atoms with Crippen molar-refractivity contribution in [2.24, 2.45) is 0 Å². The van der Waals surface area contributed by atoms with Gasteiger partial charge in [-0.1, -0.05) is 109 Å². The molecule has 3 aromatic heterocycles. The Labute approximate surface area is 278 Å². The summed E-state index contributed by atoms with van der Waals surface area (Å²) in [6.45, 7) is 0. The fourth-order valence-corrected chi connectivity index (χ4v) is 6.45. The van der Waals surface area contributed by atoms with Gasteiger partial charge in [0.05, 0.1) is 33.8 Å². The topological polar surface area (TPSA) is 46.3 Å². The van der Waals surface area contributed by atoms with Crippen LogP contribution < -0.4 is 4.90 Å². The van der Waals surface area contributed by atoms with Crippen LogP contribution in [0.2, 0.25) is 0 Å². The SMILES string of the molecule is c1ccc(-c2nc3ccccc3nc2-c2ccc(N(c3ccc(-c4cn5ccccc5n4)cc3)c3cccc4ccccc34)cc2)cc1. The van der Waals surface area contributed by atoms with E-state index in [9.17, 15) is 0 Å². The number of fused-ring (bicyclic) bond motifs is 3. The van der Waals surface area contributed by atoms with Crippen LogP contribution in [-0.2, 0) is 0 Å². The molecule has 5 heteroatoms. The lowest BCUT2D eigenvalue weighted by Crippen LogP contribution is -2.10. The van der Waals surface area contributed by atoms with Crippen LogP contribution in [0.1, 0.15) is 0 Å². The monoisotopic (exact) mass is 615 g/mol. The van der Waals surface area contributed by atoms with Crippen LogP contribution in [0, 0.1) is 0 Å². The van der Waals surface area contributed by atoms with E-state index in [1.54, 1.807) is 0 Å². The number of pyridine rings is 1. The second-order valence-electron chi connectivity index (χ2n) is 11.8. The van der Waals surface area contributed by atoms with E-state index in [4.69, 9.17) is 15.0 Å². The minimum absolute atomic E-state index is 0.861. The summed E-state index contributed by atoms with van der Waals surface area (Å²) in [4.78, 5) is 17.4. The Morgan fingerprint density at radius 1 is 0.438 bits per heavy atom. The molecule has 0 saturated carbocycles. The van der Waals surface area contributed by atoms with Crippen LogP contribution in [0.4, 0.5) is 17.1 Å². The van der Waals surface area contributed by atoms with Crippen molar-refractivity contribution in [2.45, 2.75) is 0 Å². The fourth-order valence-electron chi connectivity index (χ4n) is 6.45. The number of rotatable bonds is 6. The van der Waals surface area contributed by atoms with Gasteiger partial charge in [-0.25, -0.2) is 15.0 Å². The van der Waals surface area contributed by atoms with Crippen molar-refractivity contribution >= 4 is 44.5 Å². The van der Waals surface area contributed by atoms with Crippen LogP contribution in [0.5, 0.6) is 0 Å². The largest absolute Gasteiger partial charge is 0.310 e. The summed E-state index contributed by atoms with van der Waals surface area (Å²) in [7, 11) is 0. The van der Waals surface area contributed by atoms with Gasteiger partial charge < -0.3 is 9.30 Å². The quantitative estimate of drug-likeness (QED) is 0.187. The van der Waals surface area contributed by atoms with Gasteiger partial charge in [0.2, 0.25) is 0 Å². The van der Waals surface area contributed by atoms with Gasteiger partial charge in [-0.3, -0.25) is 0 Å². The number of anilines is 3. The van der Waals surface area contributed by atoms with Gasteiger partial charge in [0, 0.05) is 45.8 Å². The van der Waals surface area contributed by atoms with Gasteiger partial charge in [0.25, 0.3) is 0 Å². The zero-order valence-corrected chi connectivity index (χ0v) is 26.0. The van der Waals surface area contributed by atoms with Crippen molar-refractivity contribution in [1.82, 2.24) is 19.4 Å². The van der Waals surface area contributed by atoms with E-state index in [1.807, 2.05) is 66.9 Å². The molecule has 0 bridgehead atoms. The van der Waals surface area contributed by atoms with E-state index in [0.717, 1.165) is 67.5 Å². The highest BCUT2D eigenvalue weighted by atomic mass is 15.1. The number of imidazole rings is 1. The zero-order valence-electron chi connectivity index (χ0n) is 26.0. The third-order valence-electron chi connectivity index (χ3n) is 8.81. The highest BCUT2D eigenvalue weighted by Crippen LogP contribution is 2.40. The molecule has 0 fully saturated rings. The first-order valence-electron chi connectivity index (χ1n) is 16.0. The molecule has 9 aromatic rings. The molecule has 0 aliphatic carbocycles. The van der Waals surface area contributed by atoms with Crippen molar-refractivity contribution in [2.75, 3.05) is 4.90 Å². The number of aromatic nitrogens is 4. The Kier molecular flexibility index (Phi) is 6.72. The molecule has 0 saturated heterocycles. The first-order valence-corrected chi connectivity index (χ1v) is 16.0. The Morgan fingerprint density at radius 2 is 1.02 bits per heavy atom. The predicted octanol–water partition coefficient (Wildman–Crippen LogP) is 10.9. The van der Waals surface area contributed by atoms with E-state index in [2.05, 4.69) is 119 Å². The maximum Gasteiger partial charge on any atom is 0.137 e. The number of nitrogens with zero attached hydrogens (tertiary/aromatic N) is 5. The molecule has 5 nitrogen and oxygen atoms in total. The van der Waals surface area contributed by atoms with Crippen LogP contribution in [0.3, 0.4) is 0 Å². The van der Waals surface area contributed by atoms with Gasteiger partial charge in [-0.15, -0.1) is 0 Å². The van der Waals surface area contributed by atoms with Crippen molar-refractivity contribution in [3.05, 3.63) is 176 Å². The summed E-state index contributed by atoms with van der Waals surface area (Å²) in [5.74, 6) is 0. The lowest BCUT2D eigenvalue weighted by molar-refractivity contribution is 1.19. The van der Waals surface area contributed by atoms with Crippen molar-refractivity contribution in [3.63, 3.8) is 0 Å². The summed E-state index contributed by atoms with van der Waals surface area (Å²) in [5, 5.41) is 2.37. The summed E-state index contributed by atoms with van der Waals surface area (Å²) in [6.07, 6.45) is 4.10. The first-order chi connectivity index (χ1) is 23.8. The van der Waals surface area contributed by atoms with E-state index in [1.165, 1.54) is 10.8 Å². The standard InChI is InChI=1S/C43H29N5/c1-2-12-32(13-3-1)42-43(46-38-17-7-6-16-37(38)45-42)33-22-26-35(27-23-33)48(40-18-10-14-30-11-4-5-15-36(30)40)34-24-20-31(21-25-34)39-29-47-28-9-8-19-41(47)44-39/h1-29H. The first kappa shape index (κ1) is 27.7. The number of benzene rings is 6. The molecule has 0 aliphatic heterocycles. The summed E-state index contributed by atoms with van der Waals surface area (Å²) >= 11 is 0. The Hall–Kier alpha value is -6.59. The normalized spacial score (nSPS) is 11.3. The van der Waals surface area contributed by atoms with E-state index in [-0.39, 0.29) is 0 Å². The van der Waals surface area contributed by atoms with Crippen LogP contribution in [0.25, 0.3) is 61.2 Å². The molecule has 3 heterocycles. The van der Waals surface area contributed by atoms with Crippen LogP contribution in [-0.4, -0.2) is 19.4 Å². The molecule has 0 N–H and O–H groups in total. The van der Waals surface area contributed by atoms with E-state index in [0.29, 0.717) is 0 Å². The van der Waals surface area contributed by atoms with Crippen LogP contribution in [0.15, 0.2) is 176 Å². The summed E-state index contributed by atoms with van der Waals surface area (Å²) in [6, 6.07) is 56.8. The molecule has 6 aromatic carbocycles. The van der Waals surface area contributed by atoms with E-state index >= 15 is 0 Å². The van der Waals surface area contributed by atoms with E-state index < -0.39 is 0 Å². The lowest BCUT2D eigenvalue weighted by Gasteiger charge is -2.27. The number of hydrogen-bond donors (Lipinski definition) is 0. The van der Waals surface area contributed by atoms with Gasteiger partial charge >= 0.3 is 0 Å². The summed E-state index contributed by atoms with van der Waals surface area (Å²) < 4.78 is 2.05. The molecule has 226 valence electrons. The third kappa shape index (κ3) is 4.95. The maximum atomic E-state index is 5.12. The smallest absolute Gasteiger partial charge is 0.137 e. The maximum absolute atomic E-state index is 5.12. The minimum atomic E-state index is 0.861. The molecular weight excluding hydrogens is 587 g/mol. The van der Waals surface area contributed by atoms with Crippen molar-refractivity contribution < 1.29 is 0 Å². The average molecular weight is 616 g/mol. The third-order valence-corrected chi connectivity index (χ3v) is 8.81. The van der Waals surface area contributed by atoms with Crippen LogP contribution >= 0.6 is 0 Å². The molecule has 0 radical (unpaired) electrons. The zero-order chi connectivity index (χ0) is 31.9. The molecule has 0 atom stereocenters. The molecule has 0 unspecified atom stereocenters. The Balaban J connectivity index is 1.16. The van der Waals surface area contributed by atoms with Crippen molar-refractivity contribution in [3.8, 4) is 33.8 Å². The lowest BCUT2D eigenvalue weighted by atomic mass is 10.0. The molecule has 0 amide bonds. The van der Waals surface area contributed by atoms with Gasteiger partial charge in [0.1, 0.15) is 5.65 Å². The molecule has 48 heavy (non-hydrogen) atoms. The number of hydrogen-bond acceptors (Lipinski definition) is 4. The predicted molar refractivity (Wildman–Crippen MR) is 197 cm³/mol. The fraction of sp³-hybridized carbons (Fsp3) is 0. The Bertz CT molecular complexity index is 2520. The molecule has 9 rings (SSSR count). The molecular formula is C43H29N5.